The van der Waals surface area contributed by atoms with E-state index < -0.39 is 18.0 Å². The van der Waals surface area contributed by atoms with Crippen molar-refractivity contribution in [2.45, 2.75) is 52.7 Å². The van der Waals surface area contributed by atoms with E-state index in [1.54, 1.807) is 45.0 Å². The van der Waals surface area contributed by atoms with Crippen molar-refractivity contribution in [1.29, 1.82) is 0 Å². The summed E-state index contributed by atoms with van der Waals surface area (Å²) in [6, 6.07) is 5.46. The first-order chi connectivity index (χ1) is 15.1. The third-order valence-corrected chi connectivity index (χ3v) is 4.72. The van der Waals surface area contributed by atoms with Crippen LogP contribution in [-0.2, 0) is 30.5 Å². The zero-order valence-corrected chi connectivity index (χ0v) is 18.7. The molecule has 0 bridgehead atoms. The Morgan fingerprint density at radius 2 is 1.75 bits per heavy atom. The fraction of sp³-hybridized carbons (Fsp3) is 0.500. The lowest BCUT2D eigenvalue weighted by Gasteiger charge is -2.18. The molecule has 1 rings (SSSR count). The highest BCUT2D eigenvalue weighted by Gasteiger charge is 2.24. The van der Waals surface area contributed by atoms with Crippen LogP contribution in [0.15, 0.2) is 24.3 Å². The van der Waals surface area contributed by atoms with Gasteiger partial charge in [-0.2, -0.15) is 0 Å². The molecule has 0 saturated heterocycles. The number of esters is 1. The number of amides is 4. The van der Waals surface area contributed by atoms with Gasteiger partial charge < -0.3 is 26.4 Å². The van der Waals surface area contributed by atoms with Crippen LogP contribution in [-0.4, -0.2) is 42.7 Å². The van der Waals surface area contributed by atoms with Gasteiger partial charge in [0.05, 0.1) is 12.0 Å². The average Bonchev–Trinajstić information content (AvgIpc) is 2.74. The SMILES string of the molecule is CC(C)C(=O)OCc1ccc(NC(=O)[C@H](CCCNC(N)=O)CC(=O)[C@H](C)NC=O)cc1. The fourth-order valence-corrected chi connectivity index (χ4v) is 2.75. The summed E-state index contributed by atoms with van der Waals surface area (Å²) in [5, 5.41) is 7.61. The average molecular weight is 449 g/mol. The van der Waals surface area contributed by atoms with Gasteiger partial charge in [0.1, 0.15) is 6.61 Å². The smallest absolute Gasteiger partial charge is 0.312 e. The fourth-order valence-electron chi connectivity index (χ4n) is 2.75. The third-order valence-electron chi connectivity index (χ3n) is 4.72. The molecule has 2 atom stereocenters. The molecule has 4 amide bonds. The number of primary amides is 1. The molecule has 5 N–H and O–H groups in total. The summed E-state index contributed by atoms with van der Waals surface area (Å²) in [5.41, 5.74) is 6.34. The Hall–Kier alpha value is -3.43. The van der Waals surface area contributed by atoms with Crippen LogP contribution in [0.4, 0.5) is 10.5 Å². The van der Waals surface area contributed by atoms with Crippen molar-refractivity contribution >= 4 is 35.8 Å². The number of anilines is 1. The molecule has 0 fully saturated rings. The molecule has 0 heterocycles. The quantitative estimate of drug-likeness (QED) is 0.192. The van der Waals surface area contributed by atoms with Crippen molar-refractivity contribution in [3.63, 3.8) is 0 Å². The monoisotopic (exact) mass is 448 g/mol. The minimum absolute atomic E-state index is 0.0619. The predicted molar refractivity (Wildman–Crippen MR) is 118 cm³/mol. The standard InChI is InChI=1S/C22H32N4O6/c1-14(2)21(30)32-12-16-6-8-18(9-7-16)26-20(29)17(5-4-10-24-22(23)31)11-19(28)15(3)25-13-27/h6-9,13-15,17H,4-5,10-12H2,1-3H3,(H,25,27)(H,26,29)(H3,23,24,31)/t15-,17+/m0/s1. The van der Waals surface area contributed by atoms with E-state index in [0.29, 0.717) is 24.9 Å². The highest BCUT2D eigenvalue weighted by Crippen LogP contribution is 2.18. The highest BCUT2D eigenvalue weighted by molar-refractivity contribution is 5.96. The van der Waals surface area contributed by atoms with Crippen LogP contribution in [0.3, 0.4) is 0 Å². The van der Waals surface area contributed by atoms with Gasteiger partial charge in [0.2, 0.25) is 12.3 Å². The Bertz CT molecular complexity index is 794. The summed E-state index contributed by atoms with van der Waals surface area (Å²) in [6.07, 6.45) is 1.17. The second kappa shape index (κ2) is 13.8. The molecule has 176 valence electrons. The molecular formula is C22H32N4O6. The molecule has 0 aliphatic carbocycles. The van der Waals surface area contributed by atoms with Crippen LogP contribution in [0.25, 0.3) is 0 Å². The summed E-state index contributed by atoms with van der Waals surface area (Å²) in [4.78, 5) is 58.1. The number of Topliss-reactive ketones (excluding diaryl/α,β-unsaturated/α-hetero) is 1. The van der Waals surface area contributed by atoms with Crippen molar-refractivity contribution in [2.24, 2.45) is 17.6 Å². The first-order valence-electron chi connectivity index (χ1n) is 10.5. The van der Waals surface area contributed by atoms with Gasteiger partial charge in [-0.3, -0.25) is 19.2 Å². The number of benzene rings is 1. The molecule has 0 aliphatic heterocycles. The number of ether oxygens (including phenoxy) is 1. The van der Waals surface area contributed by atoms with Crippen LogP contribution in [0.1, 0.15) is 45.6 Å². The van der Waals surface area contributed by atoms with Gasteiger partial charge in [0.25, 0.3) is 0 Å². The lowest BCUT2D eigenvalue weighted by atomic mass is 9.93. The normalized spacial score (nSPS) is 12.4. The number of nitrogens with one attached hydrogen (secondary N) is 3. The van der Waals surface area contributed by atoms with Crippen molar-refractivity contribution < 1.29 is 28.7 Å². The molecule has 10 heteroatoms. The van der Waals surface area contributed by atoms with Crippen LogP contribution in [0, 0.1) is 11.8 Å². The molecule has 0 aromatic heterocycles. The lowest BCUT2D eigenvalue weighted by molar-refractivity contribution is -0.148. The van der Waals surface area contributed by atoms with E-state index in [1.807, 2.05) is 0 Å². The van der Waals surface area contributed by atoms with Crippen molar-refractivity contribution in [2.75, 3.05) is 11.9 Å². The summed E-state index contributed by atoms with van der Waals surface area (Å²) in [7, 11) is 0. The second-order valence-corrected chi connectivity index (χ2v) is 7.76. The van der Waals surface area contributed by atoms with Gasteiger partial charge in [0.15, 0.2) is 5.78 Å². The zero-order chi connectivity index (χ0) is 24.1. The largest absolute Gasteiger partial charge is 0.461 e. The number of carbonyl (C=O) groups is 5. The molecule has 0 saturated carbocycles. The first kappa shape index (κ1) is 26.6. The van der Waals surface area contributed by atoms with Crippen LogP contribution in [0.5, 0.6) is 0 Å². The molecule has 0 unspecified atom stereocenters. The van der Waals surface area contributed by atoms with Crippen molar-refractivity contribution in [3.8, 4) is 0 Å². The number of rotatable bonds is 14. The number of carbonyl (C=O) groups excluding carboxylic acids is 5. The van der Waals surface area contributed by atoms with E-state index in [4.69, 9.17) is 10.5 Å². The Morgan fingerprint density at radius 1 is 1.09 bits per heavy atom. The first-order valence-corrected chi connectivity index (χ1v) is 10.5. The van der Waals surface area contributed by atoms with Gasteiger partial charge >= 0.3 is 12.0 Å². The van der Waals surface area contributed by atoms with Gasteiger partial charge in [-0.15, -0.1) is 0 Å². The second-order valence-electron chi connectivity index (χ2n) is 7.76. The summed E-state index contributed by atoms with van der Waals surface area (Å²) in [6.45, 7) is 5.46. The van der Waals surface area contributed by atoms with E-state index in [0.717, 1.165) is 5.56 Å². The molecule has 0 radical (unpaired) electrons. The Morgan fingerprint density at radius 3 is 2.31 bits per heavy atom. The molecular weight excluding hydrogens is 416 g/mol. The molecule has 0 aliphatic rings. The van der Waals surface area contributed by atoms with Gasteiger partial charge in [-0.1, -0.05) is 26.0 Å². The van der Waals surface area contributed by atoms with Crippen LogP contribution < -0.4 is 21.7 Å². The van der Waals surface area contributed by atoms with Crippen LogP contribution >= 0.6 is 0 Å². The minimum atomic E-state index is -0.709. The van der Waals surface area contributed by atoms with E-state index in [2.05, 4.69) is 16.0 Å². The van der Waals surface area contributed by atoms with E-state index in [9.17, 15) is 24.0 Å². The van der Waals surface area contributed by atoms with Crippen molar-refractivity contribution in [3.05, 3.63) is 29.8 Å². The topological polar surface area (TPSA) is 157 Å². The minimum Gasteiger partial charge on any atom is -0.461 e. The third kappa shape index (κ3) is 10.1. The predicted octanol–water partition coefficient (Wildman–Crippen LogP) is 1.48. The summed E-state index contributed by atoms with van der Waals surface area (Å²) < 4.78 is 5.17. The number of hydrogen-bond donors (Lipinski definition) is 4. The van der Waals surface area contributed by atoms with Gasteiger partial charge in [-0.05, 0) is 37.5 Å². The number of urea groups is 1. The van der Waals surface area contributed by atoms with E-state index in [-0.39, 0.29) is 43.2 Å². The maximum Gasteiger partial charge on any atom is 0.312 e. The molecule has 1 aromatic rings. The highest BCUT2D eigenvalue weighted by atomic mass is 16.5. The summed E-state index contributed by atoms with van der Waals surface area (Å²) >= 11 is 0. The number of ketones is 1. The van der Waals surface area contributed by atoms with E-state index in [1.165, 1.54) is 0 Å². The van der Waals surface area contributed by atoms with Gasteiger partial charge in [0, 0.05) is 24.6 Å². The number of hydrogen-bond acceptors (Lipinski definition) is 6. The molecule has 1 aromatic carbocycles. The zero-order valence-electron chi connectivity index (χ0n) is 18.7. The molecule has 10 nitrogen and oxygen atoms in total. The molecule has 0 spiro atoms. The van der Waals surface area contributed by atoms with Crippen molar-refractivity contribution in [1.82, 2.24) is 10.6 Å². The lowest BCUT2D eigenvalue weighted by Crippen LogP contribution is -2.36. The maximum atomic E-state index is 12.8. The van der Waals surface area contributed by atoms with Crippen LogP contribution in [0.2, 0.25) is 0 Å². The molecule has 32 heavy (non-hydrogen) atoms. The maximum absolute atomic E-state index is 12.8. The Kier molecular flexibility index (Phi) is 11.5. The number of nitrogens with two attached hydrogens (primary N) is 1. The summed E-state index contributed by atoms with van der Waals surface area (Å²) in [5.74, 6) is -1.79. The Balaban J connectivity index is 2.73. The Labute approximate surface area is 187 Å². The van der Waals surface area contributed by atoms with E-state index >= 15 is 0 Å². The van der Waals surface area contributed by atoms with Gasteiger partial charge in [-0.25, -0.2) is 4.79 Å².